The van der Waals surface area contributed by atoms with Crippen LogP contribution in [0.1, 0.15) is 11.4 Å². The van der Waals surface area contributed by atoms with Crippen molar-refractivity contribution in [3.05, 3.63) is 40.9 Å². The van der Waals surface area contributed by atoms with Crippen LogP contribution in [-0.2, 0) is 13.1 Å². The maximum atomic E-state index is 8.89. The molecule has 0 aliphatic carbocycles. The molecule has 3 N–H and O–H groups in total. The summed E-state index contributed by atoms with van der Waals surface area (Å²) in [4.78, 5) is 2.09. The molecule has 1 aliphatic heterocycles. The van der Waals surface area contributed by atoms with Gasteiger partial charge in [0, 0.05) is 29.4 Å². The number of aromatic nitrogens is 3. The number of oxime groups is 1. The second-order valence-corrected chi connectivity index (χ2v) is 4.95. The van der Waals surface area contributed by atoms with Crippen molar-refractivity contribution in [3.63, 3.8) is 0 Å². The van der Waals surface area contributed by atoms with Gasteiger partial charge in [-0.3, -0.25) is 0 Å². The molecule has 2 heterocycles. The van der Waals surface area contributed by atoms with Gasteiger partial charge in [0.25, 0.3) is 0 Å². The zero-order valence-corrected chi connectivity index (χ0v) is 11.3. The molecule has 0 atom stereocenters. The lowest BCUT2D eigenvalue weighted by Crippen LogP contribution is -2.35. The summed E-state index contributed by atoms with van der Waals surface area (Å²) in [6, 6.07) is 5.26. The first kappa shape index (κ1) is 12.7. The van der Waals surface area contributed by atoms with Crippen LogP contribution in [0.5, 0.6) is 0 Å². The van der Waals surface area contributed by atoms with Crippen molar-refractivity contribution in [2.75, 3.05) is 11.4 Å². The van der Waals surface area contributed by atoms with Gasteiger partial charge in [-0.05, 0) is 18.2 Å². The quantitative estimate of drug-likeness (QED) is 0.373. The fourth-order valence-corrected chi connectivity index (χ4v) is 2.48. The molecule has 0 radical (unpaired) electrons. The summed E-state index contributed by atoms with van der Waals surface area (Å²) in [5.41, 5.74) is 7.19. The SMILES string of the molecule is NC(=NO)c1ccc(Cl)cc1N1CCn2cnnc2C1. The van der Waals surface area contributed by atoms with Crippen LogP contribution in [0.3, 0.4) is 0 Å². The Kier molecular flexibility index (Phi) is 3.19. The predicted octanol–water partition coefficient (Wildman–Crippen LogP) is 1.05. The van der Waals surface area contributed by atoms with Gasteiger partial charge in [-0.15, -0.1) is 10.2 Å². The molecule has 0 saturated carbocycles. The van der Waals surface area contributed by atoms with E-state index in [0.717, 1.165) is 24.6 Å². The number of amidine groups is 1. The van der Waals surface area contributed by atoms with Crippen LogP contribution < -0.4 is 10.6 Å². The average Bonchev–Trinajstić information content (AvgIpc) is 2.93. The van der Waals surface area contributed by atoms with Crippen LogP contribution >= 0.6 is 11.6 Å². The van der Waals surface area contributed by atoms with Crippen molar-refractivity contribution in [3.8, 4) is 0 Å². The molecule has 3 rings (SSSR count). The second kappa shape index (κ2) is 5.01. The van der Waals surface area contributed by atoms with E-state index in [0.29, 0.717) is 17.1 Å². The van der Waals surface area contributed by atoms with Crippen molar-refractivity contribution in [2.45, 2.75) is 13.1 Å². The largest absolute Gasteiger partial charge is 0.409 e. The Morgan fingerprint density at radius 2 is 2.25 bits per heavy atom. The molecule has 20 heavy (non-hydrogen) atoms. The summed E-state index contributed by atoms with van der Waals surface area (Å²) < 4.78 is 2.00. The number of benzene rings is 1. The van der Waals surface area contributed by atoms with Gasteiger partial charge < -0.3 is 20.4 Å². The van der Waals surface area contributed by atoms with E-state index in [1.165, 1.54) is 0 Å². The molecule has 0 unspecified atom stereocenters. The standard InChI is InChI=1S/C12H13ClN6O/c13-8-1-2-9(12(14)17-20)10(5-8)18-3-4-19-7-15-16-11(19)6-18/h1-2,5,7,20H,3-4,6H2,(H2,14,17). The number of nitrogens with zero attached hydrogens (tertiary/aromatic N) is 5. The smallest absolute Gasteiger partial charge is 0.172 e. The lowest BCUT2D eigenvalue weighted by Gasteiger charge is -2.30. The van der Waals surface area contributed by atoms with E-state index < -0.39 is 0 Å². The Hall–Kier alpha value is -2.28. The molecule has 2 aromatic rings. The van der Waals surface area contributed by atoms with E-state index in [1.807, 2.05) is 4.57 Å². The van der Waals surface area contributed by atoms with Gasteiger partial charge in [0.1, 0.15) is 6.33 Å². The van der Waals surface area contributed by atoms with Crippen LogP contribution in [0.25, 0.3) is 0 Å². The van der Waals surface area contributed by atoms with E-state index in [9.17, 15) is 0 Å². The fraction of sp³-hybridized carbons (Fsp3) is 0.250. The molecular formula is C12H13ClN6O. The summed E-state index contributed by atoms with van der Waals surface area (Å²) >= 11 is 6.06. The minimum atomic E-state index is 0.0590. The molecule has 0 bridgehead atoms. The maximum absolute atomic E-state index is 8.89. The summed E-state index contributed by atoms with van der Waals surface area (Å²) in [6.07, 6.45) is 1.72. The third-order valence-corrected chi connectivity index (χ3v) is 3.56. The van der Waals surface area contributed by atoms with Crippen LogP contribution in [0, 0.1) is 0 Å². The Morgan fingerprint density at radius 1 is 1.40 bits per heavy atom. The molecule has 1 aromatic carbocycles. The van der Waals surface area contributed by atoms with E-state index >= 15 is 0 Å². The van der Waals surface area contributed by atoms with E-state index in [4.69, 9.17) is 22.5 Å². The zero-order chi connectivity index (χ0) is 14.1. The number of hydrogen-bond donors (Lipinski definition) is 2. The van der Waals surface area contributed by atoms with Crippen LogP contribution in [-0.4, -0.2) is 32.4 Å². The van der Waals surface area contributed by atoms with E-state index in [1.54, 1.807) is 24.5 Å². The summed E-state index contributed by atoms with van der Waals surface area (Å²) in [6.45, 7) is 2.16. The summed E-state index contributed by atoms with van der Waals surface area (Å²) in [5.74, 6) is 0.936. The van der Waals surface area contributed by atoms with Gasteiger partial charge in [0.05, 0.1) is 6.54 Å². The van der Waals surface area contributed by atoms with Crippen molar-refractivity contribution in [1.82, 2.24) is 14.8 Å². The molecule has 8 heteroatoms. The topological polar surface area (TPSA) is 92.6 Å². The highest BCUT2D eigenvalue weighted by Gasteiger charge is 2.21. The van der Waals surface area contributed by atoms with Crippen molar-refractivity contribution < 1.29 is 5.21 Å². The van der Waals surface area contributed by atoms with Crippen LogP contribution in [0.15, 0.2) is 29.7 Å². The molecule has 0 saturated heterocycles. The fourth-order valence-electron chi connectivity index (χ4n) is 2.31. The third kappa shape index (κ3) is 2.16. The normalized spacial score (nSPS) is 15.2. The monoisotopic (exact) mass is 292 g/mol. The molecule has 0 spiro atoms. The van der Waals surface area contributed by atoms with E-state index in [-0.39, 0.29) is 5.84 Å². The Balaban J connectivity index is 2.00. The maximum Gasteiger partial charge on any atom is 0.172 e. The predicted molar refractivity (Wildman–Crippen MR) is 75.0 cm³/mol. The number of nitrogens with two attached hydrogens (primary N) is 1. The van der Waals surface area contributed by atoms with Crippen molar-refractivity contribution in [2.24, 2.45) is 10.9 Å². The van der Waals surface area contributed by atoms with Gasteiger partial charge >= 0.3 is 0 Å². The molecule has 1 aromatic heterocycles. The Bertz CT molecular complexity index is 668. The van der Waals surface area contributed by atoms with Crippen molar-refractivity contribution >= 4 is 23.1 Å². The molecule has 0 fully saturated rings. The lowest BCUT2D eigenvalue weighted by atomic mass is 10.1. The van der Waals surface area contributed by atoms with Gasteiger partial charge in [0.15, 0.2) is 11.7 Å². The molecule has 7 nitrogen and oxygen atoms in total. The Morgan fingerprint density at radius 3 is 3.05 bits per heavy atom. The van der Waals surface area contributed by atoms with Crippen molar-refractivity contribution in [1.29, 1.82) is 0 Å². The number of rotatable bonds is 2. The highest BCUT2D eigenvalue weighted by atomic mass is 35.5. The first-order valence-corrected chi connectivity index (χ1v) is 6.46. The average molecular weight is 293 g/mol. The minimum absolute atomic E-state index is 0.0590. The van der Waals surface area contributed by atoms with E-state index in [2.05, 4.69) is 20.3 Å². The Labute approximate surface area is 120 Å². The summed E-state index contributed by atoms with van der Waals surface area (Å²) in [7, 11) is 0. The van der Waals surface area contributed by atoms with Gasteiger partial charge in [-0.25, -0.2) is 0 Å². The number of anilines is 1. The minimum Gasteiger partial charge on any atom is -0.409 e. The molecular weight excluding hydrogens is 280 g/mol. The second-order valence-electron chi connectivity index (χ2n) is 4.51. The van der Waals surface area contributed by atoms with Gasteiger partial charge in [-0.1, -0.05) is 16.8 Å². The molecule has 1 aliphatic rings. The van der Waals surface area contributed by atoms with Gasteiger partial charge in [0.2, 0.25) is 0 Å². The zero-order valence-electron chi connectivity index (χ0n) is 10.6. The number of fused-ring (bicyclic) bond motifs is 1. The third-order valence-electron chi connectivity index (χ3n) is 3.32. The molecule has 0 amide bonds. The van der Waals surface area contributed by atoms with Crippen LogP contribution in [0.2, 0.25) is 5.02 Å². The van der Waals surface area contributed by atoms with Crippen LogP contribution in [0.4, 0.5) is 5.69 Å². The molecule has 104 valence electrons. The highest BCUT2D eigenvalue weighted by molar-refractivity contribution is 6.31. The first-order valence-electron chi connectivity index (χ1n) is 6.08. The lowest BCUT2D eigenvalue weighted by molar-refractivity contribution is 0.318. The first-order chi connectivity index (χ1) is 9.69. The number of halogens is 1. The highest BCUT2D eigenvalue weighted by Crippen LogP contribution is 2.27. The number of hydrogen-bond acceptors (Lipinski definition) is 5. The van der Waals surface area contributed by atoms with Gasteiger partial charge in [-0.2, -0.15) is 0 Å². The summed E-state index contributed by atoms with van der Waals surface area (Å²) in [5, 5.41) is 20.5.